The fraction of sp³-hybridized carbons (Fsp3) is 0.571. The molecule has 1 nitrogen and oxygen atoms in total. The molecule has 0 aromatic heterocycles. The van der Waals surface area contributed by atoms with Crippen LogP contribution in [-0.2, 0) is 6.42 Å². The SMILES string of the molecule is OC1(Cc2cc(Br)ccc2F)CCCC(C(F)(F)F)C1. The predicted molar refractivity (Wildman–Crippen MR) is 70.8 cm³/mol. The summed E-state index contributed by atoms with van der Waals surface area (Å²) < 4.78 is 52.6. The van der Waals surface area contributed by atoms with Crippen LogP contribution in [-0.4, -0.2) is 16.9 Å². The minimum Gasteiger partial charge on any atom is -0.390 e. The lowest BCUT2D eigenvalue weighted by Gasteiger charge is -2.37. The molecule has 2 unspecified atom stereocenters. The molecule has 0 aliphatic heterocycles. The third-order valence-corrected chi connectivity index (χ3v) is 4.30. The van der Waals surface area contributed by atoms with Gasteiger partial charge in [-0.05, 0) is 49.4 Å². The van der Waals surface area contributed by atoms with Crippen molar-refractivity contribution in [3.8, 4) is 0 Å². The van der Waals surface area contributed by atoms with Gasteiger partial charge >= 0.3 is 6.18 Å². The largest absolute Gasteiger partial charge is 0.391 e. The maximum absolute atomic E-state index is 13.7. The minimum atomic E-state index is -4.30. The first-order chi connectivity index (χ1) is 9.20. The maximum atomic E-state index is 13.7. The maximum Gasteiger partial charge on any atom is 0.391 e. The Kier molecular flexibility index (Phi) is 4.44. The molecule has 1 aromatic carbocycles. The highest BCUT2D eigenvalue weighted by Crippen LogP contribution is 2.43. The van der Waals surface area contributed by atoms with E-state index in [0.717, 1.165) is 0 Å². The van der Waals surface area contributed by atoms with Crippen molar-refractivity contribution in [2.24, 2.45) is 5.92 Å². The van der Waals surface area contributed by atoms with E-state index in [4.69, 9.17) is 0 Å². The Labute approximate surface area is 123 Å². The molecule has 1 aliphatic carbocycles. The second kappa shape index (κ2) is 5.64. The summed E-state index contributed by atoms with van der Waals surface area (Å²) in [5.74, 6) is -2.01. The molecule has 2 atom stereocenters. The molecule has 112 valence electrons. The first-order valence-electron chi connectivity index (χ1n) is 6.43. The zero-order chi connectivity index (χ0) is 15.0. The van der Waals surface area contributed by atoms with Crippen molar-refractivity contribution < 1.29 is 22.7 Å². The second-order valence-corrected chi connectivity index (χ2v) is 6.39. The van der Waals surface area contributed by atoms with Gasteiger partial charge in [0.25, 0.3) is 0 Å². The average Bonchev–Trinajstić information content (AvgIpc) is 2.32. The van der Waals surface area contributed by atoms with Crippen molar-refractivity contribution in [1.29, 1.82) is 0 Å². The molecule has 0 amide bonds. The van der Waals surface area contributed by atoms with E-state index in [1.54, 1.807) is 0 Å². The molecular weight excluding hydrogens is 340 g/mol. The van der Waals surface area contributed by atoms with Gasteiger partial charge in [-0.3, -0.25) is 0 Å². The number of alkyl halides is 3. The third-order valence-electron chi connectivity index (χ3n) is 3.81. The average molecular weight is 355 g/mol. The topological polar surface area (TPSA) is 20.2 Å². The van der Waals surface area contributed by atoms with Gasteiger partial charge in [0.2, 0.25) is 0 Å². The molecule has 1 saturated carbocycles. The van der Waals surface area contributed by atoms with E-state index in [2.05, 4.69) is 15.9 Å². The summed E-state index contributed by atoms with van der Waals surface area (Å²) in [6.07, 6.45) is -4.15. The lowest BCUT2D eigenvalue weighted by Crippen LogP contribution is -2.42. The van der Waals surface area contributed by atoms with Gasteiger partial charge in [0, 0.05) is 10.9 Å². The molecule has 6 heteroatoms. The summed E-state index contributed by atoms with van der Waals surface area (Å²) in [4.78, 5) is 0. The second-order valence-electron chi connectivity index (χ2n) is 5.47. The van der Waals surface area contributed by atoms with Gasteiger partial charge in [0.15, 0.2) is 0 Å². The molecule has 1 fully saturated rings. The molecule has 1 aliphatic rings. The van der Waals surface area contributed by atoms with Gasteiger partial charge in [0.1, 0.15) is 5.82 Å². The van der Waals surface area contributed by atoms with Crippen LogP contribution in [0, 0.1) is 11.7 Å². The van der Waals surface area contributed by atoms with E-state index >= 15 is 0 Å². The van der Waals surface area contributed by atoms with Crippen molar-refractivity contribution in [3.63, 3.8) is 0 Å². The van der Waals surface area contributed by atoms with Crippen molar-refractivity contribution >= 4 is 15.9 Å². The van der Waals surface area contributed by atoms with E-state index in [0.29, 0.717) is 10.9 Å². The van der Waals surface area contributed by atoms with E-state index in [1.165, 1.54) is 18.2 Å². The summed E-state index contributed by atoms with van der Waals surface area (Å²) in [5, 5.41) is 10.4. The van der Waals surface area contributed by atoms with Crippen LogP contribution in [0.4, 0.5) is 17.6 Å². The van der Waals surface area contributed by atoms with Gasteiger partial charge in [-0.1, -0.05) is 15.9 Å². The molecular formula is C14H15BrF4O. The summed E-state index contributed by atoms with van der Waals surface area (Å²) in [5.41, 5.74) is -1.25. The normalized spacial score (nSPS) is 27.6. The number of hydrogen-bond acceptors (Lipinski definition) is 1. The molecule has 20 heavy (non-hydrogen) atoms. The van der Waals surface area contributed by atoms with Crippen LogP contribution in [0.1, 0.15) is 31.2 Å². The highest BCUT2D eigenvalue weighted by Gasteiger charge is 2.47. The van der Waals surface area contributed by atoms with Crippen molar-refractivity contribution in [3.05, 3.63) is 34.1 Å². The van der Waals surface area contributed by atoms with E-state index in [9.17, 15) is 22.7 Å². The number of hydrogen-bond donors (Lipinski definition) is 1. The highest BCUT2D eigenvalue weighted by molar-refractivity contribution is 9.10. The Morgan fingerprint density at radius 1 is 1.35 bits per heavy atom. The lowest BCUT2D eigenvalue weighted by molar-refractivity contribution is -0.200. The summed E-state index contributed by atoms with van der Waals surface area (Å²) in [6.45, 7) is 0. The molecule has 1 N–H and O–H groups in total. The molecule has 0 spiro atoms. The first-order valence-corrected chi connectivity index (χ1v) is 7.22. The summed E-state index contributed by atoms with van der Waals surface area (Å²) in [6, 6.07) is 4.26. The zero-order valence-corrected chi connectivity index (χ0v) is 12.3. The quantitative estimate of drug-likeness (QED) is 0.768. The summed E-state index contributed by atoms with van der Waals surface area (Å²) in [7, 11) is 0. The monoisotopic (exact) mass is 354 g/mol. The van der Waals surface area contributed by atoms with Crippen molar-refractivity contribution in [1.82, 2.24) is 0 Å². The number of benzene rings is 1. The molecule has 0 saturated heterocycles. The van der Waals surface area contributed by atoms with Crippen molar-refractivity contribution in [2.45, 2.75) is 43.9 Å². The van der Waals surface area contributed by atoms with Gasteiger partial charge in [0.05, 0.1) is 11.5 Å². The Morgan fingerprint density at radius 3 is 2.70 bits per heavy atom. The molecule has 2 rings (SSSR count). The van der Waals surface area contributed by atoms with Gasteiger partial charge in [-0.25, -0.2) is 4.39 Å². The predicted octanol–water partition coefficient (Wildman–Crippen LogP) is 4.61. The van der Waals surface area contributed by atoms with Gasteiger partial charge in [-0.15, -0.1) is 0 Å². The first kappa shape index (κ1) is 15.8. The Hall–Kier alpha value is -0.620. The van der Waals surface area contributed by atoms with Crippen LogP contribution in [0.15, 0.2) is 22.7 Å². The molecule has 0 bridgehead atoms. The van der Waals surface area contributed by atoms with Crippen molar-refractivity contribution in [2.75, 3.05) is 0 Å². The van der Waals surface area contributed by atoms with Crippen LogP contribution >= 0.6 is 15.9 Å². The Bertz CT molecular complexity index is 489. The standard InChI is InChI=1S/C14H15BrF4O/c15-11-3-4-12(16)9(6-11)7-13(20)5-1-2-10(8-13)14(17,18)19/h3-4,6,10,20H,1-2,5,7-8H2. The van der Waals surface area contributed by atoms with Crippen LogP contribution in [0.25, 0.3) is 0 Å². The fourth-order valence-corrected chi connectivity index (χ4v) is 3.22. The molecule has 0 radical (unpaired) electrons. The molecule has 1 aromatic rings. The minimum absolute atomic E-state index is 0.0345. The van der Waals surface area contributed by atoms with E-state index in [1.807, 2.05) is 0 Å². The van der Waals surface area contributed by atoms with Crippen LogP contribution in [0.3, 0.4) is 0 Å². The third kappa shape index (κ3) is 3.73. The van der Waals surface area contributed by atoms with Crippen LogP contribution in [0.5, 0.6) is 0 Å². The number of aliphatic hydroxyl groups is 1. The lowest BCUT2D eigenvalue weighted by atomic mass is 9.75. The smallest absolute Gasteiger partial charge is 0.390 e. The Balaban J connectivity index is 2.16. The van der Waals surface area contributed by atoms with Gasteiger partial charge in [-0.2, -0.15) is 13.2 Å². The number of halogens is 5. The van der Waals surface area contributed by atoms with E-state index in [-0.39, 0.29) is 31.2 Å². The summed E-state index contributed by atoms with van der Waals surface area (Å²) >= 11 is 3.19. The zero-order valence-electron chi connectivity index (χ0n) is 10.7. The van der Waals surface area contributed by atoms with Crippen LogP contribution in [0.2, 0.25) is 0 Å². The Morgan fingerprint density at radius 2 is 2.05 bits per heavy atom. The number of rotatable bonds is 2. The molecule has 0 heterocycles. The van der Waals surface area contributed by atoms with E-state index < -0.39 is 23.5 Å². The van der Waals surface area contributed by atoms with Gasteiger partial charge < -0.3 is 5.11 Å². The fourth-order valence-electron chi connectivity index (χ4n) is 2.81. The van der Waals surface area contributed by atoms with Crippen LogP contribution < -0.4 is 0 Å². The highest BCUT2D eigenvalue weighted by atomic mass is 79.9.